The molecule has 0 N–H and O–H groups in total. The van der Waals surface area contributed by atoms with E-state index in [1.165, 1.54) is 38.4 Å². The molecule has 0 amide bonds. The molecule has 106 valence electrons. The van der Waals surface area contributed by atoms with Gasteiger partial charge in [-0.1, -0.05) is 68.5 Å². The summed E-state index contributed by atoms with van der Waals surface area (Å²) in [6.07, 6.45) is 9.20. The van der Waals surface area contributed by atoms with E-state index in [1.807, 2.05) is 0 Å². The Hall–Kier alpha value is -2.54. The Morgan fingerprint density at radius 3 is 2.41 bits per heavy atom. The second kappa shape index (κ2) is 3.80. The maximum absolute atomic E-state index is 2.43. The molecule has 0 saturated carbocycles. The second-order valence-electron chi connectivity index (χ2n) is 6.84. The molecule has 0 saturated heterocycles. The van der Waals surface area contributed by atoms with E-state index in [-0.39, 0.29) is 5.41 Å². The van der Waals surface area contributed by atoms with Crippen molar-refractivity contribution in [2.24, 2.45) is 5.41 Å². The first kappa shape index (κ1) is 12.0. The molecule has 2 heterocycles. The average Bonchev–Trinajstić information content (AvgIpc) is 2.96. The van der Waals surface area contributed by atoms with Crippen molar-refractivity contribution in [3.8, 4) is 0 Å². The molecule has 2 aromatic carbocycles. The van der Waals surface area contributed by atoms with Crippen molar-refractivity contribution >= 4 is 39.3 Å². The van der Waals surface area contributed by atoms with Crippen LogP contribution in [0.1, 0.15) is 25.1 Å². The molecule has 2 aromatic heterocycles. The number of fused-ring (bicyclic) bond motifs is 6. The summed E-state index contributed by atoms with van der Waals surface area (Å²) in [6.45, 7) is 4.49. The summed E-state index contributed by atoms with van der Waals surface area (Å²) < 4.78 is 2.43. The van der Waals surface area contributed by atoms with Gasteiger partial charge in [0.1, 0.15) is 0 Å². The zero-order valence-electron chi connectivity index (χ0n) is 12.8. The number of allylic oxidation sites excluding steroid dienone is 2. The number of benzene rings is 2. The van der Waals surface area contributed by atoms with E-state index in [0.717, 1.165) is 0 Å². The fourth-order valence-corrected chi connectivity index (χ4v) is 3.73. The molecule has 0 spiro atoms. The van der Waals surface area contributed by atoms with Crippen LogP contribution in [0.15, 0.2) is 54.6 Å². The predicted octanol–water partition coefficient (Wildman–Crippen LogP) is 5.75. The molecule has 1 nitrogen and oxygen atoms in total. The highest BCUT2D eigenvalue weighted by molar-refractivity contribution is 6.17. The fourth-order valence-electron chi connectivity index (χ4n) is 3.73. The Morgan fingerprint density at radius 1 is 0.773 bits per heavy atom. The van der Waals surface area contributed by atoms with Crippen LogP contribution in [0, 0.1) is 5.41 Å². The molecular formula is C21H17N. The monoisotopic (exact) mass is 283 g/mol. The van der Waals surface area contributed by atoms with Gasteiger partial charge in [-0.2, -0.15) is 0 Å². The van der Waals surface area contributed by atoms with E-state index in [1.54, 1.807) is 0 Å². The van der Waals surface area contributed by atoms with Crippen molar-refractivity contribution < 1.29 is 0 Å². The van der Waals surface area contributed by atoms with Crippen LogP contribution >= 0.6 is 0 Å². The molecule has 0 atom stereocenters. The fraction of sp³-hybridized carbons (Fsp3) is 0.143. The number of nitrogens with zero attached hydrogens (tertiary/aromatic N) is 1. The Morgan fingerprint density at radius 2 is 1.50 bits per heavy atom. The molecule has 0 aliphatic heterocycles. The van der Waals surface area contributed by atoms with Gasteiger partial charge in [0.15, 0.2) is 0 Å². The summed E-state index contributed by atoms with van der Waals surface area (Å²) in [5.74, 6) is 0. The number of hydrogen-bond donors (Lipinski definition) is 0. The SMILES string of the molecule is CC1(C)C=Cc2c(n3c4ccccc4c4cccc2c43)C=C1. The van der Waals surface area contributed by atoms with E-state index >= 15 is 0 Å². The summed E-state index contributed by atoms with van der Waals surface area (Å²) in [5, 5.41) is 4.04. The maximum Gasteiger partial charge on any atom is 0.0620 e. The first-order valence-corrected chi connectivity index (χ1v) is 7.81. The maximum atomic E-state index is 2.43. The highest BCUT2D eigenvalue weighted by Gasteiger charge is 2.21. The zero-order valence-corrected chi connectivity index (χ0v) is 12.8. The molecule has 0 bridgehead atoms. The molecule has 1 heteroatoms. The van der Waals surface area contributed by atoms with Gasteiger partial charge in [0, 0.05) is 27.1 Å². The van der Waals surface area contributed by atoms with Gasteiger partial charge in [-0.15, -0.1) is 0 Å². The standard InChI is InChI=1S/C21H17N/c1-21(2)12-10-15-17-8-5-7-16-14-6-3-4-9-18(14)22(20(16)17)19(15)11-13-21/h3-13H,1-2H3. The molecule has 0 radical (unpaired) electrons. The van der Waals surface area contributed by atoms with Crippen molar-refractivity contribution in [1.29, 1.82) is 0 Å². The third kappa shape index (κ3) is 1.38. The van der Waals surface area contributed by atoms with Crippen LogP contribution in [-0.2, 0) is 0 Å². The van der Waals surface area contributed by atoms with Crippen LogP contribution in [0.25, 0.3) is 39.3 Å². The lowest BCUT2D eigenvalue weighted by molar-refractivity contribution is 0.633. The lowest BCUT2D eigenvalue weighted by Crippen LogP contribution is -2.00. The van der Waals surface area contributed by atoms with E-state index in [2.05, 4.69) is 85.0 Å². The van der Waals surface area contributed by atoms with Crippen molar-refractivity contribution in [3.63, 3.8) is 0 Å². The van der Waals surface area contributed by atoms with Crippen LogP contribution < -0.4 is 0 Å². The predicted molar refractivity (Wildman–Crippen MR) is 95.4 cm³/mol. The minimum Gasteiger partial charge on any atom is -0.308 e. The number of aromatic nitrogens is 1. The van der Waals surface area contributed by atoms with Gasteiger partial charge < -0.3 is 4.40 Å². The van der Waals surface area contributed by atoms with Crippen LogP contribution in [0.3, 0.4) is 0 Å². The van der Waals surface area contributed by atoms with Gasteiger partial charge >= 0.3 is 0 Å². The first-order valence-electron chi connectivity index (χ1n) is 7.81. The molecule has 1 aliphatic rings. The van der Waals surface area contributed by atoms with Crippen molar-refractivity contribution in [3.05, 3.63) is 65.9 Å². The molecule has 22 heavy (non-hydrogen) atoms. The lowest BCUT2D eigenvalue weighted by atomic mass is 9.93. The highest BCUT2D eigenvalue weighted by Crippen LogP contribution is 2.40. The van der Waals surface area contributed by atoms with E-state index < -0.39 is 0 Å². The first-order chi connectivity index (χ1) is 10.7. The van der Waals surface area contributed by atoms with E-state index in [4.69, 9.17) is 0 Å². The quantitative estimate of drug-likeness (QED) is 0.387. The minimum atomic E-state index is 0.0986. The third-order valence-corrected chi connectivity index (χ3v) is 4.85. The minimum absolute atomic E-state index is 0.0986. The molecule has 4 aromatic rings. The smallest absolute Gasteiger partial charge is 0.0620 e. The number of rotatable bonds is 0. The van der Waals surface area contributed by atoms with Crippen molar-refractivity contribution in [2.75, 3.05) is 0 Å². The number of hydrogen-bond acceptors (Lipinski definition) is 0. The second-order valence-corrected chi connectivity index (χ2v) is 6.84. The van der Waals surface area contributed by atoms with Crippen molar-refractivity contribution in [2.45, 2.75) is 13.8 Å². The van der Waals surface area contributed by atoms with Crippen molar-refractivity contribution in [1.82, 2.24) is 4.40 Å². The normalized spacial score (nSPS) is 16.6. The topological polar surface area (TPSA) is 4.41 Å². The van der Waals surface area contributed by atoms with E-state index in [0.29, 0.717) is 0 Å². The van der Waals surface area contributed by atoms with Gasteiger partial charge in [-0.25, -0.2) is 0 Å². The average molecular weight is 283 g/mol. The van der Waals surface area contributed by atoms with Gasteiger partial charge in [0.2, 0.25) is 0 Å². The Labute approximate surface area is 129 Å². The lowest BCUT2D eigenvalue weighted by Gasteiger charge is -2.12. The molecule has 0 fully saturated rings. The Balaban J connectivity index is 2.08. The molecule has 1 aliphatic carbocycles. The van der Waals surface area contributed by atoms with Crippen LogP contribution in [-0.4, -0.2) is 4.40 Å². The van der Waals surface area contributed by atoms with Crippen LogP contribution in [0.2, 0.25) is 0 Å². The molecule has 5 rings (SSSR count). The van der Waals surface area contributed by atoms with Gasteiger partial charge in [-0.3, -0.25) is 0 Å². The Bertz CT molecular complexity index is 1090. The summed E-state index contributed by atoms with van der Waals surface area (Å²) >= 11 is 0. The molecular weight excluding hydrogens is 266 g/mol. The third-order valence-electron chi connectivity index (χ3n) is 4.85. The van der Waals surface area contributed by atoms with Gasteiger partial charge in [0.25, 0.3) is 0 Å². The van der Waals surface area contributed by atoms with Crippen LogP contribution in [0.5, 0.6) is 0 Å². The van der Waals surface area contributed by atoms with Crippen LogP contribution in [0.4, 0.5) is 0 Å². The van der Waals surface area contributed by atoms with E-state index in [9.17, 15) is 0 Å². The number of para-hydroxylation sites is 2. The largest absolute Gasteiger partial charge is 0.308 e. The Kier molecular flexibility index (Phi) is 2.08. The van der Waals surface area contributed by atoms with Gasteiger partial charge in [-0.05, 0) is 12.1 Å². The summed E-state index contributed by atoms with van der Waals surface area (Å²) in [4.78, 5) is 0. The van der Waals surface area contributed by atoms with Gasteiger partial charge in [0.05, 0.1) is 16.7 Å². The zero-order chi connectivity index (χ0) is 14.9. The highest BCUT2D eigenvalue weighted by atomic mass is 14.9. The summed E-state index contributed by atoms with van der Waals surface area (Å²) in [7, 11) is 0. The molecule has 0 unspecified atom stereocenters. The summed E-state index contributed by atoms with van der Waals surface area (Å²) in [6, 6.07) is 15.4. The summed E-state index contributed by atoms with van der Waals surface area (Å²) in [5.41, 5.74) is 5.39.